The number of nitrogens with zero attached hydrogens (tertiary/aromatic N) is 2. The Balaban J connectivity index is 0. The fourth-order valence-electron chi connectivity index (χ4n) is 1.78. The van der Waals surface area contributed by atoms with Gasteiger partial charge in [0.2, 0.25) is 0 Å². The summed E-state index contributed by atoms with van der Waals surface area (Å²) >= 11 is 0. The number of carbonyl (C=O) groups is 4. The van der Waals surface area contributed by atoms with Crippen LogP contribution in [0.25, 0.3) is 0 Å². The first-order valence-corrected chi connectivity index (χ1v) is 7.63. The molecule has 8 N–H and O–H groups in total. The van der Waals surface area contributed by atoms with Crippen LogP contribution in [0.2, 0.25) is 0 Å². The van der Waals surface area contributed by atoms with Crippen molar-refractivity contribution in [3.63, 3.8) is 0 Å². The van der Waals surface area contributed by atoms with E-state index in [0.29, 0.717) is 23.2 Å². The van der Waals surface area contributed by atoms with Gasteiger partial charge in [-0.15, -0.1) is 0 Å². The number of hydroxylamine groups is 4. The van der Waals surface area contributed by atoms with E-state index < -0.39 is 24.0 Å². The van der Waals surface area contributed by atoms with Crippen LogP contribution in [0.1, 0.15) is 27.7 Å². The quantitative estimate of drug-likeness (QED) is 0.269. The fraction of sp³-hybridized carbons (Fsp3) is 0.714. The van der Waals surface area contributed by atoms with Crippen LogP contribution in [0, 0.1) is 11.8 Å². The lowest BCUT2D eigenvalue weighted by Gasteiger charge is -2.02. The molecule has 0 spiro atoms. The SMILES string of the molecule is CC(=O)O.CC(=O)O.CC1CN(O)C(=O)C1N.CC1CN(O)C(=O)C1N. The van der Waals surface area contributed by atoms with Crippen LogP contribution in [-0.2, 0) is 19.2 Å². The van der Waals surface area contributed by atoms with Gasteiger partial charge >= 0.3 is 0 Å². The van der Waals surface area contributed by atoms with Crippen molar-refractivity contribution < 1.29 is 39.8 Å². The molecule has 12 nitrogen and oxygen atoms in total. The minimum Gasteiger partial charge on any atom is -0.481 e. The maximum atomic E-state index is 10.7. The summed E-state index contributed by atoms with van der Waals surface area (Å²) in [6, 6.07) is -1.01. The molecular formula is C14H28N4O8. The Morgan fingerprint density at radius 3 is 1.08 bits per heavy atom. The first kappa shape index (κ1) is 26.0. The molecule has 0 saturated carbocycles. The van der Waals surface area contributed by atoms with Gasteiger partial charge in [-0.2, -0.15) is 0 Å². The van der Waals surface area contributed by atoms with Crippen molar-refractivity contribution in [1.82, 2.24) is 10.1 Å². The maximum Gasteiger partial charge on any atom is 0.300 e. The molecule has 0 aromatic carbocycles. The molecule has 2 heterocycles. The second-order valence-electron chi connectivity index (χ2n) is 5.88. The van der Waals surface area contributed by atoms with E-state index in [-0.39, 0.29) is 23.7 Å². The van der Waals surface area contributed by atoms with E-state index in [1.54, 1.807) is 0 Å². The number of hydrogen-bond donors (Lipinski definition) is 6. The zero-order valence-corrected chi connectivity index (χ0v) is 15.2. The highest BCUT2D eigenvalue weighted by Crippen LogP contribution is 2.13. The van der Waals surface area contributed by atoms with E-state index in [1.807, 2.05) is 13.8 Å². The first-order chi connectivity index (χ1) is 11.7. The van der Waals surface area contributed by atoms with Crippen LogP contribution >= 0.6 is 0 Å². The van der Waals surface area contributed by atoms with Crippen molar-refractivity contribution in [1.29, 1.82) is 0 Å². The summed E-state index contributed by atoms with van der Waals surface area (Å²) in [5.74, 6) is -2.27. The second kappa shape index (κ2) is 12.1. The summed E-state index contributed by atoms with van der Waals surface area (Å²) in [5, 5.41) is 33.7. The van der Waals surface area contributed by atoms with Gasteiger partial charge in [0.15, 0.2) is 0 Å². The molecule has 2 fully saturated rings. The zero-order chi connectivity index (χ0) is 21.2. The van der Waals surface area contributed by atoms with E-state index in [2.05, 4.69) is 0 Å². The Hall–Kier alpha value is -2.28. The number of rotatable bonds is 0. The minimum atomic E-state index is -0.833. The summed E-state index contributed by atoms with van der Waals surface area (Å²) < 4.78 is 0. The van der Waals surface area contributed by atoms with Crippen LogP contribution in [0.4, 0.5) is 0 Å². The number of aliphatic carboxylic acids is 2. The van der Waals surface area contributed by atoms with Gasteiger partial charge < -0.3 is 21.7 Å². The molecule has 2 rings (SSSR count). The van der Waals surface area contributed by atoms with Gasteiger partial charge in [-0.1, -0.05) is 13.8 Å². The Bertz CT molecular complexity index is 449. The average molecular weight is 380 g/mol. The van der Waals surface area contributed by atoms with E-state index in [0.717, 1.165) is 13.8 Å². The van der Waals surface area contributed by atoms with Crippen LogP contribution in [0.15, 0.2) is 0 Å². The molecule has 26 heavy (non-hydrogen) atoms. The van der Waals surface area contributed by atoms with Crippen molar-refractivity contribution in [2.45, 2.75) is 39.8 Å². The lowest BCUT2D eigenvalue weighted by molar-refractivity contribution is -0.158. The van der Waals surface area contributed by atoms with Crippen LogP contribution in [0.3, 0.4) is 0 Å². The predicted molar refractivity (Wildman–Crippen MR) is 87.9 cm³/mol. The highest BCUT2D eigenvalue weighted by molar-refractivity contribution is 5.83. The van der Waals surface area contributed by atoms with Gasteiger partial charge in [0, 0.05) is 25.7 Å². The van der Waals surface area contributed by atoms with Crippen molar-refractivity contribution in [2.24, 2.45) is 23.3 Å². The monoisotopic (exact) mass is 380 g/mol. The Morgan fingerprint density at radius 2 is 1.04 bits per heavy atom. The molecule has 4 unspecified atom stereocenters. The minimum absolute atomic E-state index is 0.0718. The first-order valence-electron chi connectivity index (χ1n) is 7.63. The van der Waals surface area contributed by atoms with Crippen LogP contribution < -0.4 is 11.5 Å². The van der Waals surface area contributed by atoms with E-state index in [1.165, 1.54) is 0 Å². The zero-order valence-electron chi connectivity index (χ0n) is 15.2. The van der Waals surface area contributed by atoms with Crippen molar-refractivity contribution in [2.75, 3.05) is 13.1 Å². The summed E-state index contributed by atoms with van der Waals surface area (Å²) in [7, 11) is 0. The van der Waals surface area contributed by atoms with Crippen molar-refractivity contribution >= 4 is 23.8 Å². The predicted octanol–water partition coefficient (Wildman–Crippen LogP) is -1.46. The van der Waals surface area contributed by atoms with Gasteiger partial charge in [0.1, 0.15) is 0 Å². The van der Waals surface area contributed by atoms with Gasteiger partial charge in [0.25, 0.3) is 23.8 Å². The van der Waals surface area contributed by atoms with E-state index >= 15 is 0 Å². The summed E-state index contributed by atoms with van der Waals surface area (Å²) in [5.41, 5.74) is 10.7. The van der Waals surface area contributed by atoms with Gasteiger partial charge in [0.05, 0.1) is 25.2 Å². The molecule has 0 radical (unpaired) electrons. The molecular weight excluding hydrogens is 352 g/mol. The molecule has 12 heteroatoms. The Kier molecular flexibility index (Phi) is 12.1. The molecule has 152 valence electrons. The maximum absolute atomic E-state index is 10.7. The van der Waals surface area contributed by atoms with Crippen LogP contribution in [0.5, 0.6) is 0 Å². The Labute approximate surface area is 150 Å². The van der Waals surface area contributed by atoms with E-state index in [9.17, 15) is 9.59 Å². The molecule has 0 aliphatic carbocycles. The summed E-state index contributed by atoms with van der Waals surface area (Å²) in [6.45, 7) is 6.55. The third-order valence-electron chi connectivity index (χ3n) is 3.23. The Morgan fingerprint density at radius 1 is 0.846 bits per heavy atom. The molecule has 2 saturated heterocycles. The van der Waals surface area contributed by atoms with Crippen molar-refractivity contribution in [3.8, 4) is 0 Å². The number of carbonyl (C=O) groups excluding carboxylic acids is 2. The standard InChI is InChI=1S/2C5H10N2O2.2C2H4O2/c2*1-3-2-7(9)5(8)4(3)6;2*1-2(3)4/h2*3-4,9H,2,6H2,1H3;2*1H3,(H,3,4). The molecule has 2 aliphatic rings. The number of carboxylic acid groups (broad SMARTS) is 2. The molecule has 0 aromatic heterocycles. The molecule has 2 aliphatic heterocycles. The molecule has 0 aromatic rings. The fourth-order valence-corrected chi connectivity index (χ4v) is 1.78. The van der Waals surface area contributed by atoms with Crippen molar-refractivity contribution in [3.05, 3.63) is 0 Å². The van der Waals surface area contributed by atoms with Gasteiger partial charge in [-0.25, -0.2) is 10.1 Å². The topological polar surface area (TPSA) is 208 Å². The molecule has 0 bridgehead atoms. The lowest BCUT2D eigenvalue weighted by Crippen LogP contribution is -2.33. The molecule has 2 amide bonds. The third kappa shape index (κ3) is 10.6. The highest BCUT2D eigenvalue weighted by Gasteiger charge is 2.34. The second-order valence-corrected chi connectivity index (χ2v) is 5.88. The largest absolute Gasteiger partial charge is 0.481 e. The highest BCUT2D eigenvalue weighted by atomic mass is 16.5. The summed E-state index contributed by atoms with van der Waals surface area (Å²) in [4.78, 5) is 39.3. The van der Waals surface area contributed by atoms with Gasteiger partial charge in [-0.3, -0.25) is 29.6 Å². The van der Waals surface area contributed by atoms with E-state index in [4.69, 9.17) is 41.7 Å². The normalized spacial score (nSPS) is 26.8. The number of hydrogen-bond acceptors (Lipinski definition) is 8. The number of carboxylic acids is 2. The van der Waals surface area contributed by atoms with Gasteiger partial charge in [-0.05, 0) is 0 Å². The smallest absolute Gasteiger partial charge is 0.300 e. The number of amides is 2. The third-order valence-corrected chi connectivity index (χ3v) is 3.23. The molecule has 4 atom stereocenters. The number of nitrogens with two attached hydrogens (primary N) is 2. The average Bonchev–Trinajstić information content (AvgIpc) is 2.83. The van der Waals surface area contributed by atoms with Crippen LogP contribution in [-0.4, -0.2) is 79.7 Å². The lowest BCUT2D eigenvalue weighted by atomic mass is 10.1. The summed E-state index contributed by atoms with van der Waals surface area (Å²) in [6.07, 6.45) is 0.